The van der Waals surface area contributed by atoms with Gasteiger partial charge in [-0.1, -0.05) is 42.5 Å². The Morgan fingerprint density at radius 3 is 2.35 bits per heavy atom. The molecule has 0 aromatic heterocycles. The lowest BCUT2D eigenvalue weighted by molar-refractivity contribution is -0.154. The Hall–Kier alpha value is -3.06. The number of carboxylic acid groups (broad SMARTS) is 1. The molecule has 0 bridgehead atoms. The van der Waals surface area contributed by atoms with E-state index in [0.29, 0.717) is 44.9 Å². The SMILES string of the molecule is C#CCC(CC#C)C(=O)O[C@@H](CCc1ccccc1)CC[C@@H]1[C@@H](CC=CCCCC(=O)O)[C@H](O)C[C@H]1O. The lowest BCUT2D eigenvalue weighted by Crippen LogP contribution is -2.28. The molecule has 0 saturated heterocycles. The van der Waals surface area contributed by atoms with Crippen LogP contribution in [0, 0.1) is 42.4 Å². The van der Waals surface area contributed by atoms with Crippen LogP contribution in [0.1, 0.15) is 69.8 Å². The van der Waals surface area contributed by atoms with E-state index in [1.807, 2.05) is 42.5 Å². The lowest BCUT2D eigenvalue weighted by atomic mass is 9.85. The van der Waals surface area contributed by atoms with Gasteiger partial charge in [0.1, 0.15) is 6.10 Å². The van der Waals surface area contributed by atoms with E-state index in [1.165, 1.54) is 0 Å². The van der Waals surface area contributed by atoms with E-state index >= 15 is 0 Å². The molecule has 0 radical (unpaired) electrons. The van der Waals surface area contributed by atoms with Gasteiger partial charge in [0.25, 0.3) is 0 Å². The minimum Gasteiger partial charge on any atom is -0.481 e. The number of aryl methyl sites for hydroxylation is 1. The van der Waals surface area contributed by atoms with Gasteiger partial charge in [0, 0.05) is 19.3 Å². The summed E-state index contributed by atoms with van der Waals surface area (Å²) >= 11 is 0. The number of hydrogen-bond donors (Lipinski definition) is 3. The Morgan fingerprint density at radius 1 is 1.03 bits per heavy atom. The summed E-state index contributed by atoms with van der Waals surface area (Å²) in [6, 6.07) is 9.98. The average molecular weight is 509 g/mol. The van der Waals surface area contributed by atoms with Gasteiger partial charge in [-0.05, 0) is 68.8 Å². The highest BCUT2D eigenvalue weighted by Crippen LogP contribution is 2.39. The van der Waals surface area contributed by atoms with Crippen LogP contribution in [0.2, 0.25) is 0 Å². The van der Waals surface area contributed by atoms with Crippen LogP contribution in [0.4, 0.5) is 0 Å². The maximum atomic E-state index is 12.8. The number of aliphatic hydroxyl groups excluding tert-OH is 2. The third-order valence-corrected chi connectivity index (χ3v) is 7.12. The Kier molecular flexibility index (Phi) is 13.6. The zero-order chi connectivity index (χ0) is 27.0. The van der Waals surface area contributed by atoms with E-state index in [4.69, 9.17) is 22.7 Å². The number of aliphatic carboxylic acids is 1. The predicted octanol–water partition coefficient (Wildman–Crippen LogP) is 4.53. The Bertz CT molecular complexity index is 925. The molecule has 200 valence electrons. The Morgan fingerprint density at radius 2 is 1.70 bits per heavy atom. The summed E-state index contributed by atoms with van der Waals surface area (Å²) in [5.41, 5.74) is 1.15. The van der Waals surface area contributed by atoms with Crippen molar-refractivity contribution in [3.8, 4) is 24.7 Å². The molecule has 0 spiro atoms. The van der Waals surface area contributed by atoms with Gasteiger partial charge in [0.2, 0.25) is 0 Å². The van der Waals surface area contributed by atoms with Crippen molar-refractivity contribution in [3.05, 3.63) is 48.0 Å². The monoisotopic (exact) mass is 508 g/mol. The molecule has 0 amide bonds. The highest BCUT2D eigenvalue weighted by atomic mass is 16.5. The number of carbonyl (C=O) groups is 2. The number of carboxylic acids is 1. The molecule has 2 rings (SSSR count). The number of terminal acetylenes is 2. The molecule has 0 aliphatic heterocycles. The molecule has 37 heavy (non-hydrogen) atoms. The summed E-state index contributed by atoms with van der Waals surface area (Å²) in [5.74, 6) is 3.05. The van der Waals surface area contributed by atoms with E-state index in [2.05, 4.69) is 11.8 Å². The van der Waals surface area contributed by atoms with Crippen molar-refractivity contribution in [1.82, 2.24) is 0 Å². The van der Waals surface area contributed by atoms with Crippen LogP contribution in [-0.2, 0) is 20.7 Å². The first kappa shape index (κ1) is 30.2. The summed E-state index contributed by atoms with van der Waals surface area (Å²) in [4.78, 5) is 23.5. The van der Waals surface area contributed by atoms with E-state index in [-0.39, 0.29) is 43.2 Å². The van der Waals surface area contributed by atoms with Gasteiger partial charge >= 0.3 is 11.9 Å². The number of ether oxygens (including phenoxy) is 1. The molecular formula is C31H40O6. The lowest BCUT2D eigenvalue weighted by Gasteiger charge is -2.26. The highest BCUT2D eigenvalue weighted by molar-refractivity contribution is 5.73. The molecule has 1 fully saturated rings. The van der Waals surface area contributed by atoms with Gasteiger partial charge < -0.3 is 20.1 Å². The quantitative estimate of drug-likeness (QED) is 0.131. The summed E-state index contributed by atoms with van der Waals surface area (Å²) in [5, 5.41) is 30.0. The molecule has 0 heterocycles. The van der Waals surface area contributed by atoms with Crippen LogP contribution in [0.15, 0.2) is 42.5 Å². The normalized spacial score (nSPS) is 22.0. The fourth-order valence-electron chi connectivity index (χ4n) is 5.05. The number of rotatable bonds is 16. The van der Waals surface area contributed by atoms with Crippen LogP contribution in [-0.4, -0.2) is 45.6 Å². The number of benzene rings is 1. The molecule has 6 nitrogen and oxygen atoms in total. The average Bonchev–Trinajstić information content (AvgIpc) is 3.14. The second kappa shape index (κ2) is 16.6. The van der Waals surface area contributed by atoms with Crippen molar-refractivity contribution < 1.29 is 29.6 Å². The van der Waals surface area contributed by atoms with Crippen LogP contribution in [0.25, 0.3) is 0 Å². The number of unbranched alkanes of at least 4 members (excludes halogenated alkanes) is 1. The van der Waals surface area contributed by atoms with Crippen LogP contribution < -0.4 is 0 Å². The van der Waals surface area contributed by atoms with E-state index in [0.717, 1.165) is 12.0 Å². The fraction of sp³-hybridized carbons (Fsp3) is 0.548. The molecule has 1 aliphatic carbocycles. The molecule has 1 saturated carbocycles. The number of aliphatic hydroxyl groups is 2. The van der Waals surface area contributed by atoms with Crippen LogP contribution in [0.3, 0.4) is 0 Å². The second-order valence-electron chi connectivity index (χ2n) is 9.87. The highest BCUT2D eigenvalue weighted by Gasteiger charge is 2.41. The van der Waals surface area contributed by atoms with Gasteiger partial charge in [-0.2, -0.15) is 0 Å². The van der Waals surface area contributed by atoms with Gasteiger partial charge in [0.05, 0.1) is 18.1 Å². The third kappa shape index (κ3) is 10.8. The Labute approximate surface area is 221 Å². The van der Waals surface area contributed by atoms with Crippen molar-refractivity contribution >= 4 is 11.9 Å². The summed E-state index contributed by atoms with van der Waals surface area (Å²) in [6.45, 7) is 0. The minimum atomic E-state index is -0.810. The number of allylic oxidation sites excluding steroid dienone is 2. The molecular weight excluding hydrogens is 468 g/mol. The van der Waals surface area contributed by atoms with Crippen LogP contribution >= 0.6 is 0 Å². The van der Waals surface area contributed by atoms with Gasteiger partial charge in [-0.25, -0.2) is 0 Å². The Balaban J connectivity index is 2.01. The van der Waals surface area contributed by atoms with Gasteiger partial charge in [-0.3, -0.25) is 9.59 Å². The molecule has 5 atom stereocenters. The zero-order valence-corrected chi connectivity index (χ0v) is 21.5. The predicted molar refractivity (Wildman–Crippen MR) is 143 cm³/mol. The summed E-state index contributed by atoms with van der Waals surface area (Å²) in [6.07, 6.45) is 18.4. The zero-order valence-electron chi connectivity index (χ0n) is 21.5. The van der Waals surface area contributed by atoms with Crippen molar-refractivity contribution in [3.63, 3.8) is 0 Å². The van der Waals surface area contributed by atoms with Crippen molar-refractivity contribution in [2.24, 2.45) is 17.8 Å². The fourth-order valence-corrected chi connectivity index (χ4v) is 5.05. The van der Waals surface area contributed by atoms with Crippen LogP contribution in [0.5, 0.6) is 0 Å². The molecule has 3 N–H and O–H groups in total. The first-order valence-electron chi connectivity index (χ1n) is 13.2. The number of hydrogen-bond acceptors (Lipinski definition) is 5. The minimum absolute atomic E-state index is 0.105. The standard InChI is InChI=1S/C31H40O6/c1-3-12-24(13-4-2)31(36)37-25(19-18-23-14-8-7-9-15-23)20-21-27-26(28(32)22-29(27)33)16-10-5-6-11-17-30(34)35/h1-2,5,7-10,14-15,24-29,32-33H,6,11-13,16-22H2,(H,34,35)/t25-,26+,27+,28+,29+/m0/s1. The summed E-state index contributed by atoms with van der Waals surface area (Å²) < 4.78 is 5.91. The van der Waals surface area contributed by atoms with Crippen molar-refractivity contribution in [1.29, 1.82) is 0 Å². The molecule has 0 unspecified atom stereocenters. The maximum Gasteiger partial charge on any atom is 0.311 e. The van der Waals surface area contributed by atoms with E-state index in [9.17, 15) is 19.8 Å². The molecule has 1 aromatic carbocycles. The topological polar surface area (TPSA) is 104 Å². The first-order chi connectivity index (χ1) is 17.8. The van der Waals surface area contributed by atoms with E-state index in [1.54, 1.807) is 0 Å². The van der Waals surface area contributed by atoms with Crippen molar-refractivity contribution in [2.45, 2.75) is 88.9 Å². The molecule has 1 aromatic rings. The van der Waals surface area contributed by atoms with Gasteiger partial charge in [-0.15, -0.1) is 24.7 Å². The second-order valence-corrected chi connectivity index (χ2v) is 9.87. The first-order valence-corrected chi connectivity index (χ1v) is 13.2. The smallest absolute Gasteiger partial charge is 0.311 e. The summed E-state index contributed by atoms with van der Waals surface area (Å²) in [7, 11) is 0. The molecule has 1 aliphatic rings. The maximum absolute atomic E-state index is 12.8. The molecule has 6 heteroatoms. The van der Waals surface area contributed by atoms with Gasteiger partial charge in [0.15, 0.2) is 0 Å². The number of carbonyl (C=O) groups excluding carboxylic acids is 1. The third-order valence-electron chi connectivity index (χ3n) is 7.12. The van der Waals surface area contributed by atoms with Crippen molar-refractivity contribution in [2.75, 3.05) is 0 Å². The van der Waals surface area contributed by atoms with E-state index < -0.39 is 24.1 Å². The largest absolute Gasteiger partial charge is 0.481 e. The number of esters is 1.